The number of ketones is 1. The largest absolute Gasteiger partial charge is 0.416 e. The molecule has 0 unspecified atom stereocenters. The van der Waals surface area contributed by atoms with Gasteiger partial charge in [0.25, 0.3) is 0 Å². The van der Waals surface area contributed by atoms with E-state index in [1.807, 2.05) is 0 Å². The molecule has 2 heterocycles. The second-order valence-corrected chi connectivity index (χ2v) is 11.1. The second kappa shape index (κ2) is 11.2. The van der Waals surface area contributed by atoms with E-state index in [-0.39, 0.29) is 30.2 Å². The summed E-state index contributed by atoms with van der Waals surface area (Å²) in [6.45, 7) is 1.79. The Labute approximate surface area is 217 Å². The molecule has 37 heavy (non-hydrogen) atoms. The number of nitrogens with zero attached hydrogens (tertiary/aromatic N) is 1. The summed E-state index contributed by atoms with van der Waals surface area (Å²) in [5, 5.41) is 18.4. The number of benzene rings is 1. The Hall–Kier alpha value is -2.34. The Balaban J connectivity index is 1.35. The van der Waals surface area contributed by atoms with Gasteiger partial charge in [0.2, 0.25) is 5.91 Å². The van der Waals surface area contributed by atoms with E-state index in [1.165, 1.54) is 23.5 Å². The lowest BCUT2D eigenvalue weighted by molar-refractivity contribution is -0.137. The van der Waals surface area contributed by atoms with Gasteiger partial charge in [0, 0.05) is 38.3 Å². The van der Waals surface area contributed by atoms with Crippen LogP contribution in [0.1, 0.15) is 70.8 Å². The number of methoxy groups -OCH3 is 1. The molecule has 1 saturated carbocycles. The summed E-state index contributed by atoms with van der Waals surface area (Å²) in [5.41, 5.74) is -2.42. The molecule has 1 atom stereocenters. The van der Waals surface area contributed by atoms with Gasteiger partial charge < -0.3 is 20.5 Å². The molecule has 1 aliphatic heterocycles. The fourth-order valence-corrected chi connectivity index (χ4v) is 6.47. The highest BCUT2D eigenvalue weighted by Gasteiger charge is 2.47. The summed E-state index contributed by atoms with van der Waals surface area (Å²) < 4.78 is 44.0. The SMILES string of the molecule is COCc1cnc(C2(O)CCC([C@]3(NC(=O)CCC(=O)c4cccc(C(F)(F)F)c4)CCNC3)CC2)s1. The zero-order chi connectivity index (χ0) is 26.7. The van der Waals surface area contributed by atoms with E-state index >= 15 is 0 Å². The average Bonchev–Trinajstić information content (AvgIpc) is 3.54. The van der Waals surface area contributed by atoms with Gasteiger partial charge in [-0.15, -0.1) is 11.3 Å². The van der Waals surface area contributed by atoms with E-state index in [0.717, 1.165) is 30.0 Å². The van der Waals surface area contributed by atoms with Crippen molar-refractivity contribution in [1.29, 1.82) is 0 Å². The summed E-state index contributed by atoms with van der Waals surface area (Å²) >= 11 is 1.45. The van der Waals surface area contributed by atoms with Crippen molar-refractivity contribution in [2.24, 2.45) is 5.92 Å². The van der Waals surface area contributed by atoms with Gasteiger partial charge in [0.15, 0.2) is 5.78 Å². The van der Waals surface area contributed by atoms with Crippen LogP contribution in [-0.4, -0.2) is 47.5 Å². The molecule has 0 radical (unpaired) electrons. The maximum absolute atomic E-state index is 13.0. The van der Waals surface area contributed by atoms with Gasteiger partial charge in [0.05, 0.1) is 22.6 Å². The van der Waals surface area contributed by atoms with Gasteiger partial charge in [-0.3, -0.25) is 9.59 Å². The van der Waals surface area contributed by atoms with Crippen LogP contribution in [0.5, 0.6) is 0 Å². The number of Topliss-reactive ketones (excluding diaryl/α,β-unsaturated/α-hetero) is 1. The summed E-state index contributed by atoms with van der Waals surface area (Å²) in [5.74, 6) is -0.655. The van der Waals surface area contributed by atoms with E-state index in [0.29, 0.717) is 43.8 Å². The van der Waals surface area contributed by atoms with Crippen LogP contribution in [0.3, 0.4) is 0 Å². The van der Waals surface area contributed by atoms with E-state index < -0.39 is 28.7 Å². The Morgan fingerprint density at radius 2 is 2.00 bits per heavy atom. The fourth-order valence-electron chi connectivity index (χ4n) is 5.44. The van der Waals surface area contributed by atoms with Crippen LogP contribution in [0.2, 0.25) is 0 Å². The predicted octanol–water partition coefficient (Wildman–Crippen LogP) is 4.20. The van der Waals surface area contributed by atoms with Crippen LogP contribution >= 0.6 is 11.3 Å². The molecule has 3 N–H and O–H groups in total. The minimum Gasteiger partial charge on any atom is -0.383 e. The fraction of sp³-hybridized carbons (Fsp3) is 0.577. The van der Waals surface area contributed by atoms with Crippen LogP contribution in [0.4, 0.5) is 13.2 Å². The van der Waals surface area contributed by atoms with Gasteiger partial charge in [-0.25, -0.2) is 4.98 Å². The summed E-state index contributed by atoms with van der Waals surface area (Å²) in [6.07, 6.45) is 0.140. The quantitative estimate of drug-likeness (QED) is 0.413. The number of thiazole rings is 1. The van der Waals surface area contributed by atoms with E-state index in [9.17, 15) is 27.9 Å². The highest BCUT2D eigenvalue weighted by molar-refractivity contribution is 7.11. The zero-order valence-corrected chi connectivity index (χ0v) is 21.5. The van der Waals surface area contributed by atoms with Gasteiger partial charge in [-0.05, 0) is 56.7 Å². The van der Waals surface area contributed by atoms with Crippen molar-refractivity contribution in [3.05, 3.63) is 51.5 Å². The first-order chi connectivity index (χ1) is 17.5. The average molecular weight is 540 g/mol. The Bertz CT molecular complexity index is 1110. The zero-order valence-electron chi connectivity index (χ0n) is 20.7. The molecule has 0 spiro atoms. The van der Waals surface area contributed by atoms with E-state index in [2.05, 4.69) is 15.6 Å². The molecule has 1 aromatic heterocycles. The van der Waals surface area contributed by atoms with Crippen LogP contribution in [0.25, 0.3) is 0 Å². The number of carbonyl (C=O) groups is 2. The van der Waals surface area contributed by atoms with Crippen molar-refractivity contribution in [3.8, 4) is 0 Å². The van der Waals surface area contributed by atoms with Crippen LogP contribution in [0.15, 0.2) is 30.5 Å². The minimum atomic E-state index is -4.53. The topological polar surface area (TPSA) is 101 Å². The molecule has 0 bridgehead atoms. The first-order valence-corrected chi connectivity index (χ1v) is 13.2. The van der Waals surface area contributed by atoms with Crippen molar-refractivity contribution in [3.63, 3.8) is 0 Å². The lowest BCUT2D eigenvalue weighted by atomic mass is 9.69. The normalized spacial score (nSPS) is 26.2. The Kier molecular flexibility index (Phi) is 8.37. The summed E-state index contributed by atoms with van der Waals surface area (Å²) in [7, 11) is 1.62. The number of amides is 1. The summed E-state index contributed by atoms with van der Waals surface area (Å²) in [6, 6.07) is 4.27. The Morgan fingerprint density at radius 1 is 1.24 bits per heavy atom. The molecule has 1 amide bonds. The van der Waals surface area contributed by atoms with Gasteiger partial charge >= 0.3 is 6.18 Å². The molecule has 1 aliphatic carbocycles. The number of hydrogen-bond acceptors (Lipinski definition) is 7. The molecule has 11 heteroatoms. The predicted molar refractivity (Wildman–Crippen MR) is 132 cm³/mol. The smallest absolute Gasteiger partial charge is 0.383 e. The number of ether oxygens (including phenoxy) is 1. The number of aliphatic hydroxyl groups is 1. The molecule has 202 valence electrons. The van der Waals surface area contributed by atoms with Gasteiger partial charge in [0.1, 0.15) is 10.6 Å². The van der Waals surface area contributed by atoms with Crippen molar-refractivity contribution in [2.45, 2.75) is 68.9 Å². The van der Waals surface area contributed by atoms with Crippen LogP contribution in [-0.2, 0) is 27.9 Å². The molecular formula is C26H32F3N3O4S. The van der Waals surface area contributed by atoms with Gasteiger partial charge in [-0.1, -0.05) is 12.1 Å². The molecule has 1 aromatic carbocycles. The summed E-state index contributed by atoms with van der Waals surface area (Å²) in [4.78, 5) is 30.7. The van der Waals surface area contributed by atoms with Crippen LogP contribution in [0, 0.1) is 5.92 Å². The van der Waals surface area contributed by atoms with Crippen molar-refractivity contribution in [1.82, 2.24) is 15.6 Å². The van der Waals surface area contributed by atoms with Crippen molar-refractivity contribution < 1.29 is 32.6 Å². The molecule has 1 saturated heterocycles. The lowest BCUT2D eigenvalue weighted by Crippen LogP contribution is -2.56. The second-order valence-electron chi connectivity index (χ2n) is 10.0. The third-order valence-electron chi connectivity index (χ3n) is 7.50. The molecule has 2 aliphatic rings. The van der Waals surface area contributed by atoms with Crippen LogP contribution < -0.4 is 10.6 Å². The Morgan fingerprint density at radius 3 is 2.65 bits per heavy atom. The molecule has 2 fully saturated rings. The number of carbonyl (C=O) groups excluding carboxylic acids is 2. The number of aromatic nitrogens is 1. The molecule has 7 nitrogen and oxygen atoms in total. The third kappa shape index (κ3) is 6.39. The number of halogens is 3. The number of hydrogen-bond donors (Lipinski definition) is 3. The first-order valence-electron chi connectivity index (χ1n) is 12.4. The van der Waals surface area contributed by atoms with E-state index in [4.69, 9.17) is 4.74 Å². The maximum Gasteiger partial charge on any atom is 0.416 e. The standard InChI is InChI=1S/C26H32F3N3O4S/c1-36-15-20-14-31-23(37-20)25(35)9-7-18(8-10-25)24(11-12-30-16-24)32-22(34)6-5-21(33)17-3-2-4-19(13-17)26(27,28)29/h2-4,13-14,18,30,35H,5-12,15-16H2,1H3,(H,32,34)/t18?,24-,25?/m0/s1. The maximum atomic E-state index is 13.0. The van der Waals surface area contributed by atoms with Crippen molar-refractivity contribution in [2.75, 3.05) is 20.2 Å². The number of alkyl halides is 3. The highest BCUT2D eigenvalue weighted by Crippen LogP contribution is 2.45. The molecule has 2 aromatic rings. The monoisotopic (exact) mass is 539 g/mol. The number of nitrogens with one attached hydrogen (secondary N) is 2. The number of rotatable bonds is 9. The third-order valence-corrected chi connectivity index (χ3v) is 8.66. The van der Waals surface area contributed by atoms with Crippen molar-refractivity contribution >= 4 is 23.0 Å². The lowest BCUT2D eigenvalue weighted by Gasteiger charge is -2.44. The highest BCUT2D eigenvalue weighted by atomic mass is 32.1. The van der Waals surface area contributed by atoms with Gasteiger partial charge in [-0.2, -0.15) is 13.2 Å². The molecular weight excluding hydrogens is 507 g/mol. The van der Waals surface area contributed by atoms with E-state index in [1.54, 1.807) is 13.3 Å². The minimum absolute atomic E-state index is 0.0534. The first kappa shape index (κ1) is 27.7. The molecule has 4 rings (SSSR count).